The third-order valence-corrected chi connectivity index (χ3v) is 4.62. The fourth-order valence-corrected chi connectivity index (χ4v) is 3.49. The lowest BCUT2D eigenvalue weighted by atomic mass is 10.0. The number of hydrogen-bond donors (Lipinski definition) is 1. The maximum atomic E-state index is 13.2. The molecule has 1 fully saturated rings. The second-order valence-corrected chi connectivity index (χ2v) is 6.37. The average molecular weight is 343 g/mol. The monoisotopic (exact) mass is 343 g/mol. The number of nitrogens with zero attached hydrogens (tertiary/aromatic N) is 4. The molecule has 1 amide bonds. The van der Waals surface area contributed by atoms with E-state index in [2.05, 4.69) is 15.1 Å². The first-order valence-electron chi connectivity index (χ1n) is 8.35. The molecule has 2 heterocycles. The van der Waals surface area contributed by atoms with Gasteiger partial charge in [0.25, 0.3) is 0 Å². The number of rotatable bonds is 6. The quantitative estimate of drug-likeness (QED) is 0.865. The number of carbonyl (C=O) groups is 1. The van der Waals surface area contributed by atoms with E-state index in [1.165, 1.54) is 12.1 Å². The minimum atomic E-state index is -0.593. The Morgan fingerprint density at radius 2 is 2.16 bits per heavy atom. The molecule has 1 aromatic heterocycles. The van der Waals surface area contributed by atoms with Crippen molar-refractivity contribution in [2.24, 2.45) is 5.73 Å². The van der Waals surface area contributed by atoms with Crippen LogP contribution in [0.15, 0.2) is 42.6 Å². The molecule has 0 radical (unpaired) electrons. The first-order chi connectivity index (χ1) is 12.1. The van der Waals surface area contributed by atoms with Crippen molar-refractivity contribution in [2.75, 3.05) is 25.0 Å². The maximum absolute atomic E-state index is 13.2. The number of benzene rings is 1. The van der Waals surface area contributed by atoms with Crippen molar-refractivity contribution < 1.29 is 9.18 Å². The summed E-state index contributed by atoms with van der Waals surface area (Å²) in [5.41, 5.74) is 6.31. The summed E-state index contributed by atoms with van der Waals surface area (Å²) in [6.07, 6.45) is 3.72. The van der Waals surface area contributed by atoms with E-state index >= 15 is 0 Å². The van der Waals surface area contributed by atoms with Gasteiger partial charge in [-0.25, -0.2) is 4.39 Å². The maximum Gasteiger partial charge on any atom is 0.239 e. The molecule has 2 aromatic rings. The van der Waals surface area contributed by atoms with Crippen LogP contribution >= 0.6 is 0 Å². The highest BCUT2D eigenvalue weighted by Crippen LogP contribution is 2.26. The Morgan fingerprint density at radius 3 is 2.80 bits per heavy atom. The van der Waals surface area contributed by atoms with Gasteiger partial charge in [0.15, 0.2) is 5.82 Å². The number of likely N-dealkylation sites (N-methyl/N-ethyl adjacent to an activating group) is 1. The molecule has 1 aromatic carbocycles. The summed E-state index contributed by atoms with van der Waals surface area (Å²) in [4.78, 5) is 16.1. The first-order valence-corrected chi connectivity index (χ1v) is 8.35. The summed E-state index contributed by atoms with van der Waals surface area (Å²) >= 11 is 0. The fraction of sp³-hybridized carbons (Fsp3) is 0.389. The van der Waals surface area contributed by atoms with Crippen molar-refractivity contribution in [3.63, 3.8) is 0 Å². The average Bonchev–Trinajstić information content (AvgIpc) is 3.05. The number of aromatic nitrogens is 2. The van der Waals surface area contributed by atoms with E-state index in [-0.39, 0.29) is 11.9 Å². The van der Waals surface area contributed by atoms with Gasteiger partial charge in [0.05, 0.1) is 0 Å². The summed E-state index contributed by atoms with van der Waals surface area (Å²) in [6, 6.07) is 9.35. The number of anilines is 1. The zero-order chi connectivity index (χ0) is 17.8. The van der Waals surface area contributed by atoms with E-state index in [1.54, 1.807) is 18.3 Å². The summed E-state index contributed by atoms with van der Waals surface area (Å²) in [5.74, 6) is 0.0632. The van der Waals surface area contributed by atoms with Crippen molar-refractivity contribution in [1.29, 1.82) is 0 Å². The topological polar surface area (TPSA) is 75.3 Å². The number of nitrogens with two attached hydrogens (primary N) is 1. The van der Waals surface area contributed by atoms with Gasteiger partial charge in [0.2, 0.25) is 5.91 Å². The van der Waals surface area contributed by atoms with Crippen molar-refractivity contribution in [2.45, 2.75) is 24.9 Å². The van der Waals surface area contributed by atoms with E-state index in [1.807, 2.05) is 24.1 Å². The molecule has 132 valence electrons. The Hall–Kier alpha value is -2.54. The van der Waals surface area contributed by atoms with Crippen molar-refractivity contribution in [3.8, 4) is 0 Å². The highest BCUT2D eigenvalue weighted by molar-refractivity contribution is 5.81. The van der Waals surface area contributed by atoms with Crippen LogP contribution in [0.25, 0.3) is 0 Å². The van der Waals surface area contributed by atoms with Crippen LogP contribution in [0.1, 0.15) is 24.4 Å². The van der Waals surface area contributed by atoms with Gasteiger partial charge in [0.1, 0.15) is 11.9 Å². The molecule has 0 bridgehead atoms. The first kappa shape index (κ1) is 17.3. The molecule has 3 rings (SSSR count). The molecule has 1 aliphatic heterocycles. The molecule has 1 aliphatic rings. The molecular weight excluding hydrogens is 321 g/mol. The van der Waals surface area contributed by atoms with E-state index in [0.717, 1.165) is 25.2 Å². The van der Waals surface area contributed by atoms with Crippen LogP contribution in [-0.2, 0) is 4.79 Å². The van der Waals surface area contributed by atoms with Gasteiger partial charge >= 0.3 is 0 Å². The van der Waals surface area contributed by atoms with Crippen LogP contribution in [0.3, 0.4) is 0 Å². The van der Waals surface area contributed by atoms with Gasteiger partial charge in [-0.05, 0) is 49.7 Å². The zero-order valence-corrected chi connectivity index (χ0v) is 14.2. The van der Waals surface area contributed by atoms with Gasteiger partial charge in [-0.2, -0.15) is 5.10 Å². The van der Waals surface area contributed by atoms with Crippen LogP contribution in [0.2, 0.25) is 0 Å². The number of halogens is 1. The van der Waals surface area contributed by atoms with Crippen molar-refractivity contribution >= 4 is 11.7 Å². The number of carbonyl (C=O) groups excluding carboxylic acids is 1. The third kappa shape index (κ3) is 3.93. The summed E-state index contributed by atoms with van der Waals surface area (Å²) in [5, 5.41) is 8.14. The van der Waals surface area contributed by atoms with Gasteiger partial charge in [0, 0.05) is 25.3 Å². The largest absolute Gasteiger partial charge is 0.368 e. The Morgan fingerprint density at radius 1 is 1.40 bits per heavy atom. The van der Waals surface area contributed by atoms with Gasteiger partial charge in [-0.3, -0.25) is 9.69 Å². The Bertz CT molecular complexity index is 709. The van der Waals surface area contributed by atoms with Crippen LogP contribution in [-0.4, -0.2) is 47.2 Å². The number of primary amides is 1. The number of amides is 1. The SMILES string of the molecule is CN(CC1CCCN1c1cccnn1)C(C(N)=O)c1ccc(F)cc1. The molecule has 25 heavy (non-hydrogen) atoms. The Labute approximate surface area is 146 Å². The zero-order valence-electron chi connectivity index (χ0n) is 14.2. The molecule has 0 spiro atoms. The third-order valence-electron chi connectivity index (χ3n) is 4.62. The van der Waals surface area contributed by atoms with E-state index in [9.17, 15) is 9.18 Å². The van der Waals surface area contributed by atoms with Crippen LogP contribution in [0, 0.1) is 5.82 Å². The highest BCUT2D eigenvalue weighted by Gasteiger charge is 2.31. The molecular formula is C18H22FN5O. The molecule has 2 unspecified atom stereocenters. The fourth-order valence-electron chi connectivity index (χ4n) is 3.49. The minimum absolute atomic E-state index is 0.226. The van der Waals surface area contributed by atoms with Crippen LogP contribution in [0.5, 0.6) is 0 Å². The molecule has 0 aliphatic carbocycles. The minimum Gasteiger partial charge on any atom is -0.368 e. The molecule has 2 N–H and O–H groups in total. The van der Waals surface area contributed by atoms with E-state index in [4.69, 9.17) is 5.73 Å². The molecule has 0 saturated carbocycles. The predicted molar refractivity (Wildman–Crippen MR) is 93.4 cm³/mol. The summed E-state index contributed by atoms with van der Waals surface area (Å²) in [7, 11) is 1.87. The molecule has 6 nitrogen and oxygen atoms in total. The van der Waals surface area contributed by atoms with Crippen molar-refractivity contribution in [1.82, 2.24) is 15.1 Å². The lowest BCUT2D eigenvalue weighted by Crippen LogP contribution is -2.44. The molecule has 7 heteroatoms. The van der Waals surface area contributed by atoms with Gasteiger partial charge < -0.3 is 10.6 Å². The number of hydrogen-bond acceptors (Lipinski definition) is 5. The normalized spacial score (nSPS) is 18.5. The lowest BCUT2D eigenvalue weighted by Gasteiger charge is -2.32. The second kappa shape index (κ2) is 7.57. The molecule has 2 atom stereocenters. The van der Waals surface area contributed by atoms with E-state index < -0.39 is 11.9 Å². The molecule has 1 saturated heterocycles. The summed E-state index contributed by atoms with van der Waals surface area (Å²) in [6.45, 7) is 1.57. The standard InChI is InChI=1S/C18H22FN5O/c1-23(17(18(20)25)13-6-8-14(19)9-7-13)12-15-4-3-11-24(15)16-5-2-10-21-22-16/h2,5-10,15,17H,3-4,11-12H2,1H3,(H2,20,25). The van der Waals surface area contributed by atoms with Gasteiger partial charge in [-0.15, -0.1) is 5.10 Å². The lowest BCUT2D eigenvalue weighted by molar-refractivity contribution is -0.123. The summed E-state index contributed by atoms with van der Waals surface area (Å²) < 4.78 is 13.2. The second-order valence-electron chi connectivity index (χ2n) is 6.37. The van der Waals surface area contributed by atoms with Crippen molar-refractivity contribution in [3.05, 3.63) is 54.0 Å². The smallest absolute Gasteiger partial charge is 0.239 e. The van der Waals surface area contributed by atoms with Gasteiger partial charge in [-0.1, -0.05) is 12.1 Å². The Balaban J connectivity index is 1.75. The van der Waals surface area contributed by atoms with Crippen LogP contribution in [0.4, 0.5) is 10.2 Å². The predicted octanol–water partition coefficient (Wildman–Crippen LogP) is 1.74. The Kier molecular flexibility index (Phi) is 5.23. The van der Waals surface area contributed by atoms with E-state index in [0.29, 0.717) is 12.1 Å². The van der Waals surface area contributed by atoms with Crippen LogP contribution < -0.4 is 10.6 Å². The highest BCUT2D eigenvalue weighted by atomic mass is 19.1.